The quantitative estimate of drug-likeness (QED) is 0.563. The molecule has 0 spiro atoms. The van der Waals surface area contributed by atoms with E-state index >= 15 is 0 Å². The highest BCUT2D eigenvalue weighted by molar-refractivity contribution is 6.30. The first kappa shape index (κ1) is 16.4. The van der Waals surface area contributed by atoms with E-state index in [4.69, 9.17) is 16.3 Å². The fraction of sp³-hybridized carbons (Fsp3) is 0.304. The van der Waals surface area contributed by atoms with Crippen LogP contribution < -0.4 is 9.64 Å². The minimum Gasteiger partial charge on any atom is -0.457 e. The number of carbonyl (C=O) groups is 2. The van der Waals surface area contributed by atoms with Crippen molar-refractivity contribution >= 4 is 29.1 Å². The number of imide groups is 1. The minimum absolute atomic E-state index is 0.0360. The summed E-state index contributed by atoms with van der Waals surface area (Å²) in [5.41, 5.74) is 0.626. The van der Waals surface area contributed by atoms with Crippen molar-refractivity contribution < 1.29 is 14.3 Å². The number of nitrogens with zero attached hydrogens (tertiary/aromatic N) is 1. The molecule has 2 aromatic rings. The van der Waals surface area contributed by atoms with Gasteiger partial charge in [0.25, 0.3) is 0 Å². The molecule has 3 fully saturated rings. The number of ether oxygens (including phenoxy) is 1. The fourth-order valence-corrected chi connectivity index (χ4v) is 5.64. The van der Waals surface area contributed by atoms with E-state index in [9.17, 15) is 9.59 Å². The van der Waals surface area contributed by atoms with Gasteiger partial charge >= 0.3 is 0 Å². The molecule has 6 atom stereocenters. The molecule has 0 radical (unpaired) electrons. The summed E-state index contributed by atoms with van der Waals surface area (Å²) >= 11 is 5.89. The lowest BCUT2D eigenvalue weighted by Gasteiger charge is -2.37. The Morgan fingerprint density at radius 3 is 1.82 bits per heavy atom. The number of amides is 2. The summed E-state index contributed by atoms with van der Waals surface area (Å²) in [7, 11) is 0. The molecule has 0 unspecified atom stereocenters. The zero-order chi connectivity index (χ0) is 19.0. The number of halogens is 1. The van der Waals surface area contributed by atoms with Crippen LogP contribution in [0.15, 0.2) is 60.7 Å². The highest BCUT2D eigenvalue weighted by Crippen LogP contribution is 2.65. The smallest absolute Gasteiger partial charge is 0.238 e. The number of carbonyl (C=O) groups excluding carboxylic acids is 2. The molecular weight excluding hydrogens is 374 g/mol. The zero-order valence-corrected chi connectivity index (χ0v) is 15.8. The first-order chi connectivity index (χ1) is 13.6. The average Bonchev–Trinajstić information content (AvgIpc) is 3.49. The summed E-state index contributed by atoms with van der Waals surface area (Å²) < 4.78 is 5.81. The van der Waals surface area contributed by atoms with Crippen LogP contribution in [0.25, 0.3) is 0 Å². The van der Waals surface area contributed by atoms with Gasteiger partial charge in [0.05, 0.1) is 17.5 Å². The van der Waals surface area contributed by atoms with Gasteiger partial charge in [-0.2, -0.15) is 0 Å². The molecular formula is C23H18ClNO3. The number of allylic oxidation sites excluding steroid dienone is 2. The molecule has 140 valence electrons. The number of rotatable bonds is 3. The summed E-state index contributed by atoms with van der Waals surface area (Å²) in [6, 6.07) is 14.3. The van der Waals surface area contributed by atoms with Crippen LogP contribution in [-0.4, -0.2) is 11.8 Å². The SMILES string of the molecule is O=C1[C@H]2[C@@H]3C=C[C@H]([C@H]4C[C@H]34)[C@@H]2C(=O)N1c1ccc(Oc2ccc(Cl)cc2)cc1. The van der Waals surface area contributed by atoms with E-state index in [0.717, 1.165) is 0 Å². The standard InChI is InChI=1S/C23H18ClNO3/c24-12-1-5-14(6-2-12)28-15-7-3-13(4-8-15)25-22(26)20-16-9-10-17(19-11-18(16)19)21(20)23(25)27/h1-10,16-21H,11H2/t16-,17-,18-,19-,20+,21+/m1/s1. The Labute approximate surface area is 167 Å². The van der Waals surface area contributed by atoms with Gasteiger partial charge in [-0.25, -0.2) is 0 Å². The van der Waals surface area contributed by atoms with Gasteiger partial charge in [-0.3, -0.25) is 14.5 Å². The van der Waals surface area contributed by atoms with Crippen LogP contribution in [0, 0.1) is 35.5 Å². The highest BCUT2D eigenvalue weighted by Gasteiger charge is 2.67. The third kappa shape index (κ3) is 2.24. The van der Waals surface area contributed by atoms with Crippen molar-refractivity contribution in [2.45, 2.75) is 6.42 Å². The van der Waals surface area contributed by atoms with Crippen LogP contribution in [-0.2, 0) is 9.59 Å². The van der Waals surface area contributed by atoms with Crippen molar-refractivity contribution in [3.05, 3.63) is 65.7 Å². The van der Waals surface area contributed by atoms with Crippen LogP contribution in [0.2, 0.25) is 5.02 Å². The number of hydrogen-bond donors (Lipinski definition) is 0. The number of hydrogen-bond acceptors (Lipinski definition) is 3. The molecule has 0 aromatic heterocycles. The molecule has 5 heteroatoms. The van der Waals surface area contributed by atoms with Crippen molar-refractivity contribution in [1.29, 1.82) is 0 Å². The largest absolute Gasteiger partial charge is 0.457 e. The molecule has 1 saturated heterocycles. The summed E-state index contributed by atoms with van der Waals surface area (Å²) in [6.45, 7) is 0. The maximum Gasteiger partial charge on any atom is 0.238 e. The Hall–Kier alpha value is -2.59. The van der Waals surface area contributed by atoms with E-state index in [-0.39, 0.29) is 35.5 Å². The van der Waals surface area contributed by atoms with Crippen LogP contribution in [0.5, 0.6) is 11.5 Å². The Kier molecular flexibility index (Phi) is 3.34. The van der Waals surface area contributed by atoms with Gasteiger partial charge in [-0.15, -0.1) is 0 Å². The van der Waals surface area contributed by atoms with Gasteiger partial charge in [-0.1, -0.05) is 23.8 Å². The van der Waals surface area contributed by atoms with E-state index in [0.29, 0.717) is 34.0 Å². The number of anilines is 1. The van der Waals surface area contributed by atoms with E-state index in [1.807, 2.05) is 0 Å². The second kappa shape index (κ2) is 5.71. The molecule has 0 N–H and O–H groups in total. The lowest BCUT2D eigenvalue weighted by molar-refractivity contribution is -0.124. The van der Waals surface area contributed by atoms with Crippen LogP contribution >= 0.6 is 11.6 Å². The molecule has 2 amide bonds. The van der Waals surface area contributed by atoms with E-state index in [1.165, 1.54) is 11.3 Å². The maximum atomic E-state index is 13.1. The van der Waals surface area contributed by atoms with Crippen molar-refractivity contribution in [3.63, 3.8) is 0 Å². The first-order valence-corrected chi connectivity index (χ1v) is 10.1. The molecule has 2 bridgehead atoms. The van der Waals surface area contributed by atoms with Gasteiger partial charge in [0.1, 0.15) is 11.5 Å². The van der Waals surface area contributed by atoms with Crippen molar-refractivity contribution in [2.24, 2.45) is 35.5 Å². The van der Waals surface area contributed by atoms with Gasteiger partial charge in [0.2, 0.25) is 11.8 Å². The molecule has 4 aliphatic carbocycles. The average molecular weight is 392 g/mol. The topological polar surface area (TPSA) is 46.6 Å². The molecule has 28 heavy (non-hydrogen) atoms. The monoisotopic (exact) mass is 391 g/mol. The lowest BCUT2D eigenvalue weighted by atomic mass is 9.63. The molecule has 1 heterocycles. The molecule has 2 saturated carbocycles. The second-order valence-corrected chi connectivity index (χ2v) is 8.65. The van der Waals surface area contributed by atoms with Crippen LogP contribution in [0.4, 0.5) is 5.69 Å². The Morgan fingerprint density at radius 2 is 1.29 bits per heavy atom. The van der Waals surface area contributed by atoms with E-state index in [2.05, 4.69) is 12.2 Å². The van der Waals surface area contributed by atoms with Gasteiger partial charge in [0, 0.05) is 5.02 Å². The molecule has 5 aliphatic rings. The third-order valence-corrected chi connectivity index (χ3v) is 7.06. The molecule has 7 rings (SSSR count). The summed E-state index contributed by atoms with van der Waals surface area (Å²) in [4.78, 5) is 27.7. The van der Waals surface area contributed by atoms with E-state index in [1.54, 1.807) is 48.5 Å². The van der Waals surface area contributed by atoms with Crippen LogP contribution in [0.3, 0.4) is 0 Å². The van der Waals surface area contributed by atoms with E-state index < -0.39 is 0 Å². The van der Waals surface area contributed by atoms with Crippen molar-refractivity contribution in [3.8, 4) is 11.5 Å². The first-order valence-electron chi connectivity index (χ1n) is 9.71. The van der Waals surface area contributed by atoms with Gasteiger partial charge in [-0.05, 0) is 78.6 Å². The molecule has 1 aliphatic heterocycles. The molecule has 2 aromatic carbocycles. The van der Waals surface area contributed by atoms with Gasteiger partial charge in [0.15, 0.2) is 0 Å². The molecule has 4 nitrogen and oxygen atoms in total. The summed E-state index contributed by atoms with van der Waals surface area (Å²) in [5, 5.41) is 0.649. The summed E-state index contributed by atoms with van der Waals surface area (Å²) in [5.74, 6) is 2.63. The fourth-order valence-electron chi connectivity index (χ4n) is 5.51. The lowest BCUT2D eigenvalue weighted by Crippen LogP contribution is -2.40. The second-order valence-electron chi connectivity index (χ2n) is 8.22. The van der Waals surface area contributed by atoms with Crippen molar-refractivity contribution in [2.75, 3.05) is 4.90 Å². The Bertz CT molecular complexity index is 977. The normalized spacial score (nSPS) is 34.4. The highest BCUT2D eigenvalue weighted by atomic mass is 35.5. The Morgan fingerprint density at radius 1 is 0.786 bits per heavy atom. The summed E-state index contributed by atoms with van der Waals surface area (Å²) in [6.07, 6.45) is 5.56. The van der Waals surface area contributed by atoms with Crippen LogP contribution in [0.1, 0.15) is 6.42 Å². The Balaban J connectivity index is 1.26. The van der Waals surface area contributed by atoms with Crippen molar-refractivity contribution in [1.82, 2.24) is 0 Å². The van der Waals surface area contributed by atoms with Gasteiger partial charge < -0.3 is 4.74 Å². The zero-order valence-electron chi connectivity index (χ0n) is 15.0. The predicted octanol–water partition coefficient (Wildman–Crippen LogP) is 4.69. The third-order valence-electron chi connectivity index (χ3n) is 6.81. The minimum atomic E-state index is -0.170. The number of benzene rings is 2. The predicted molar refractivity (Wildman–Crippen MR) is 105 cm³/mol. The maximum absolute atomic E-state index is 13.1.